The maximum absolute atomic E-state index is 13.0. The fourth-order valence-electron chi connectivity index (χ4n) is 3.35. The Balaban J connectivity index is 1.32. The van der Waals surface area contributed by atoms with E-state index in [0.717, 1.165) is 22.1 Å². The number of fused-ring (bicyclic) bond motifs is 1. The van der Waals surface area contributed by atoms with Gasteiger partial charge in [-0.2, -0.15) is 4.39 Å². The van der Waals surface area contributed by atoms with Crippen LogP contribution in [-0.4, -0.2) is 31.5 Å². The number of benzene rings is 2. The van der Waals surface area contributed by atoms with Gasteiger partial charge in [-0.3, -0.25) is 4.98 Å². The number of pyridine rings is 2. The molecular weight excluding hydrogens is 451 g/mol. The molecule has 6 nitrogen and oxygen atoms in total. The first-order chi connectivity index (χ1) is 15.4. The first-order valence-electron chi connectivity index (χ1n) is 9.87. The van der Waals surface area contributed by atoms with E-state index in [1.54, 1.807) is 36.7 Å². The van der Waals surface area contributed by atoms with Crippen LogP contribution in [0, 0.1) is 5.95 Å². The van der Waals surface area contributed by atoms with Gasteiger partial charge in [0.1, 0.15) is 0 Å². The maximum Gasteiger partial charge on any atom is 0.241 e. The van der Waals surface area contributed by atoms with Crippen molar-refractivity contribution in [3.8, 4) is 11.1 Å². The normalized spacial score (nSPS) is 11.7. The second-order valence-corrected chi connectivity index (χ2v) is 9.25. The predicted molar refractivity (Wildman–Crippen MR) is 123 cm³/mol. The number of halogens is 2. The van der Waals surface area contributed by atoms with Crippen molar-refractivity contribution in [1.82, 2.24) is 20.0 Å². The highest BCUT2D eigenvalue weighted by molar-refractivity contribution is 7.89. The molecular formula is C23H20ClFN4O2S. The third-order valence-corrected chi connectivity index (χ3v) is 6.76. The molecule has 4 aromatic rings. The van der Waals surface area contributed by atoms with Gasteiger partial charge >= 0.3 is 0 Å². The SMILES string of the molecule is O=S(=O)(NCCNCc1ccc(-c2ccc(F)nc2)c(Cl)c1)c1cccc2cnccc12. The van der Waals surface area contributed by atoms with Crippen LogP contribution in [-0.2, 0) is 16.6 Å². The van der Waals surface area contributed by atoms with Crippen molar-refractivity contribution >= 4 is 32.4 Å². The van der Waals surface area contributed by atoms with Crippen LogP contribution in [0.2, 0.25) is 5.02 Å². The molecule has 0 unspecified atom stereocenters. The molecule has 0 aliphatic carbocycles. The van der Waals surface area contributed by atoms with Gasteiger partial charge in [0, 0.05) is 65.1 Å². The minimum Gasteiger partial charge on any atom is -0.311 e. The molecule has 0 spiro atoms. The van der Waals surface area contributed by atoms with E-state index in [0.29, 0.717) is 23.5 Å². The minimum atomic E-state index is -3.65. The van der Waals surface area contributed by atoms with Crippen LogP contribution >= 0.6 is 11.6 Å². The average molecular weight is 471 g/mol. The van der Waals surface area contributed by atoms with Crippen molar-refractivity contribution in [2.24, 2.45) is 0 Å². The molecule has 32 heavy (non-hydrogen) atoms. The number of sulfonamides is 1. The molecule has 164 valence electrons. The molecule has 0 aliphatic heterocycles. The molecule has 0 radical (unpaired) electrons. The monoisotopic (exact) mass is 470 g/mol. The van der Waals surface area contributed by atoms with Crippen LogP contribution in [0.3, 0.4) is 0 Å². The van der Waals surface area contributed by atoms with Gasteiger partial charge in [0.2, 0.25) is 16.0 Å². The van der Waals surface area contributed by atoms with Crippen molar-refractivity contribution in [2.75, 3.05) is 13.1 Å². The summed E-state index contributed by atoms with van der Waals surface area (Å²) >= 11 is 6.37. The van der Waals surface area contributed by atoms with Crippen molar-refractivity contribution < 1.29 is 12.8 Å². The summed E-state index contributed by atoms with van der Waals surface area (Å²) < 4.78 is 41.1. The summed E-state index contributed by atoms with van der Waals surface area (Å²) in [6, 6.07) is 15.3. The highest BCUT2D eigenvalue weighted by atomic mass is 35.5. The summed E-state index contributed by atoms with van der Waals surface area (Å²) in [5.41, 5.74) is 2.44. The van der Waals surface area contributed by atoms with Gasteiger partial charge in [0.05, 0.1) is 4.90 Å². The van der Waals surface area contributed by atoms with E-state index in [2.05, 4.69) is 20.0 Å². The molecule has 0 amide bonds. The molecule has 0 fully saturated rings. The molecule has 0 aliphatic rings. The van der Waals surface area contributed by atoms with E-state index in [4.69, 9.17) is 11.6 Å². The van der Waals surface area contributed by atoms with Crippen molar-refractivity contribution in [2.45, 2.75) is 11.4 Å². The van der Waals surface area contributed by atoms with Crippen molar-refractivity contribution in [3.63, 3.8) is 0 Å². The standard InChI is InChI=1S/C23H20ClFN4O2S/c24-21-12-16(4-6-19(21)18-5-7-23(25)28-15-18)13-27-10-11-29-32(30,31)22-3-1-2-17-14-26-9-8-20(17)22/h1-9,12,14-15,27,29H,10-11,13H2. The molecule has 9 heteroatoms. The summed E-state index contributed by atoms with van der Waals surface area (Å²) in [5.74, 6) is -0.543. The van der Waals surface area contributed by atoms with Crippen LogP contribution in [0.4, 0.5) is 4.39 Å². The number of aromatic nitrogens is 2. The highest BCUT2D eigenvalue weighted by Crippen LogP contribution is 2.28. The molecule has 0 atom stereocenters. The lowest BCUT2D eigenvalue weighted by Crippen LogP contribution is -2.31. The third-order valence-electron chi connectivity index (χ3n) is 4.93. The Hall–Kier alpha value is -2.91. The van der Waals surface area contributed by atoms with E-state index in [1.165, 1.54) is 12.3 Å². The summed E-state index contributed by atoms with van der Waals surface area (Å²) in [6.07, 6.45) is 4.65. The first kappa shape index (κ1) is 22.3. The molecule has 4 rings (SSSR count). The summed E-state index contributed by atoms with van der Waals surface area (Å²) in [5, 5.41) is 5.13. The lowest BCUT2D eigenvalue weighted by Gasteiger charge is -2.11. The van der Waals surface area contributed by atoms with E-state index in [1.807, 2.05) is 24.3 Å². The molecule has 2 N–H and O–H groups in total. The minimum absolute atomic E-state index is 0.232. The maximum atomic E-state index is 13.0. The van der Waals surface area contributed by atoms with Crippen LogP contribution in [0.25, 0.3) is 21.9 Å². The van der Waals surface area contributed by atoms with E-state index >= 15 is 0 Å². The predicted octanol–water partition coefficient (Wildman–Crippen LogP) is 4.16. The average Bonchev–Trinajstić information content (AvgIpc) is 2.79. The van der Waals surface area contributed by atoms with E-state index < -0.39 is 16.0 Å². The first-order valence-corrected chi connectivity index (χ1v) is 11.7. The van der Waals surface area contributed by atoms with Crippen LogP contribution < -0.4 is 10.0 Å². The quantitative estimate of drug-likeness (QED) is 0.298. The second-order valence-electron chi connectivity index (χ2n) is 7.11. The summed E-state index contributed by atoms with van der Waals surface area (Å²) in [6.45, 7) is 1.19. The van der Waals surface area contributed by atoms with Gasteiger partial charge in [-0.15, -0.1) is 0 Å². The Morgan fingerprint density at radius 2 is 1.88 bits per heavy atom. The van der Waals surface area contributed by atoms with E-state index in [-0.39, 0.29) is 11.4 Å². The van der Waals surface area contributed by atoms with Crippen molar-refractivity contribution in [3.05, 3.63) is 89.7 Å². The molecule has 2 heterocycles. The van der Waals surface area contributed by atoms with Crippen LogP contribution in [0.1, 0.15) is 5.56 Å². The fourth-order valence-corrected chi connectivity index (χ4v) is 4.92. The Morgan fingerprint density at radius 3 is 2.66 bits per heavy atom. The van der Waals surface area contributed by atoms with Gasteiger partial charge in [0.25, 0.3) is 0 Å². The zero-order valence-electron chi connectivity index (χ0n) is 16.9. The Morgan fingerprint density at radius 1 is 1.00 bits per heavy atom. The molecule has 2 aromatic heterocycles. The second kappa shape index (κ2) is 9.70. The van der Waals surface area contributed by atoms with Gasteiger partial charge in [-0.1, -0.05) is 35.9 Å². The lowest BCUT2D eigenvalue weighted by atomic mass is 10.1. The van der Waals surface area contributed by atoms with Crippen molar-refractivity contribution in [1.29, 1.82) is 0 Å². The number of nitrogens with one attached hydrogen (secondary N) is 2. The number of hydrogen-bond donors (Lipinski definition) is 2. The lowest BCUT2D eigenvalue weighted by molar-refractivity contribution is 0.576. The van der Waals surface area contributed by atoms with Gasteiger partial charge in [0.15, 0.2) is 0 Å². The molecule has 0 bridgehead atoms. The van der Waals surface area contributed by atoms with Gasteiger partial charge in [-0.25, -0.2) is 18.1 Å². The molecule has 0 saturated heterocycles. The largest absolute Gasteiger partial charge is 0.311 e. The molecule has 0 saturated carbocycles. The van der Waals surface area contributed by atoms with Gasteiger partial charge < -0.3 is 5.32 Å². The summed E-state index contributed by atoms with van der Waals surface area (Å²) in [4.78, 5) is 7.91. The van der Waals surface area contributed by atoms with Crippen LogP contribution in [0.15, 0.2) is 78.1 Å². The van der Waals surface area contributed by atoms with Crippen LogP contribution in [0.5, 0.6) is 0 Å². The zero-order valence-corrected chi connectivity index (χ0v) is 18.5. The highest BCUT2D eigenvalue weighted by Gasteiger charge is 2.16. The number of nitrogens with zero attached hydrogens (tertiary/aromatic N) is 2. The smallest absolute Gasteiger partial charge is 0.241 e. The Bertz CT molecular complexity index is 1340. The zero-order chi connectivity index (χ0) is 22.6. The fraction of sp³-hybridized carbons (Fsp3) is 0.130. The topological polar surface area (TPSA) is 84.0 Å². The molecule has 2 aromatic carbocycles. The van der Waals surface area contributed by atoms with Gasteiger partial charge in [-0.05, 0) is 35.9 Å². The summed E-state index contributed by atoms with van der Waals surface area (Å²) in [7, 11) is -3.65. The number of hydrogen-bond acceptors (Lipinski definition) is 5. The Kier molecular flexibility index (Phi) is 6.76. The Labute approximate surface area is 190 Å². The number of rotatable bonds is 8. The third kappa shape index (κ3) is 5.11. The van der Waals surface area contributed by atoms with E-state index in [9.17, 15) is 12.8 Å².